The van der Waals surface area contributed by atoms with Gasteiger partial charge in [-0.1, -0.05) is 11.6 Å². The van der Waals surface area contributed by atoms with Crippen molar-refractivity contribution in [3.8, 4) is 0 Å². The van der Waals surface area contributed by atoms with Gasteiger partial charge in [0.05, 0.1) is 17.4 Å². The molecule has 1 aliphatic rings. The van der Waals surface area contributed by atoms with E-state index in [2.05, 4.69) is 10.6 Å². The summed E-state index contributed by atoms with van der Waals surface area (Å²) >= 11 is 7.37. The number of carbonyl (C=O) groups excluding carboxylic acids is 2. The lowest BCUT2D eigenvalue weighted by Crippen LogP contribution is -2.52. The van der Waals surface area contributed by atoms with E-state index in [1.807, 2.05) is 19.1 Å². The van der Waals surface area contributed by atoms with Crippen LogP contribution < -0.4 is 10.6 Å². The van der Waals surface area contributed by atoms with Crippen LogP contribution in [0.5, 0.6) is 0 Å². The van der Waals surface area contributed by atoms with Gasteiger partial charge in [0.15, 0.2) is 0 Å². The quantitative estimate of drug-likeness (QED) is 0.872. The molecule has 19 heavy (non-hydrogen) atoms. The lowest BCUT2D eigenvalue weighted by Gasteiger charge is -2.27. The van der Waals surface area contributed by atoms with E-state index in [0.29, 0.717) is 13.1 Å². The number of thiophene rings is 1. The maximum Gasteiger partial charge on any atom is 0.239 e. The Morgan fingerprint density at radius 1 is 1.63 bits per heavy atom. The molecular formula is C12H16ClN3O2S. The Labute approximate surface area is 120 Å². The van der Waals surface area contributed by atoms with E-state index in [9.17, 15) is 9.59 Å². The van der Waals surface area contributed by atoms with Crippen LogP contribution >= 0.6 is 22.9 Å². The summed E-state index contributed by atoms with van der Waals surface area (Å²) in [6.07, 6.45) is 0. The number of amides is 2. The van der Waals surface area contributed by atoms with E-state index in [1.165, 1.54) is 11.3 Å². The van der Waals surface area contributed by atoms with Crippen molar-refractivity contribution in [1.82, 2.24) is 15.5 Å². The van der Waals surface area contributed by atoms with Gasteiger partial charge in [-0.2, -0.15) is 0 Å². The predicted octanol–water partition coefficient (Wildman–Crippen LogP) is 1.01. The van der Waals surface area contributed by atoms with E-state index in [0.717, 1.165) is 9.21 Å². The van der Waals surface area contributed by atoms with Crippen molar-refractivity contribution < 1.29 is 9.59 Å². The van der Waals surface area contributed by atoms with Gasteiger partial charge in [0, 0.05) is 24.0 Å². The third kappa shape index (κ3) is 3.92. The highest BCUT2D eigenvalue weighted by atomic mass is 35.5. The third-order valence-corrected chi connectivity index (χ3v) is 4.39. The molecule has 2 rings (SSSR count). The minimum atomic E-state index is -0.0994. The molecule has 2 amide bonds. The van der Waals surface area contributed by atoms with E-state index in [1.54, 1.807) is 4.90 Å². The topological polar surface area (TPSA) is 61.4 Å². The number of carbonyl (C=O) groups is 2. The number of nitrogens with one attached hydrogen (secondary N) is 2. The molecule has 1 fully saturated rings. The first-order chi connectivity index (χ1) is 9.06. The van der Waals surface area contributed by atoms with Gasteiger partial charge in [0.2, 0.25) is 11.8 Å². The number of piperazine rings is 1. The number of nitrogens with zero attached hydrogens (tertiary/aromatic N) is 1. The van der Waals surface area contributed by atoms with Gasteiger partial charge < -0.3 is 15.5 Å². The molecule has 0 spiro atoms. The van der Waals surface area contributed by atoms with Gasteiger partial charge in [-0.15, -0.1) is 11.3 Å². The average Bonchev–Trinajstić information content (AvgIpc) is 2.82. The highest BCUT2D eigenvalue weighted by Gasteiger charge is 2.21. The molecule has 2 heterocycles. The summed E-state index contributed by atoms with van der Waals surface area (Å²) in [4.78, 5) is 25.8. The largest absolute Gasteiger partial charge is 0.353 e. The summed E-state index contributed by atoms with van der Waals surface area (Å²) in [7, 11) is 0. The molecule has 0 saturated carbocycles. The zero-order chi connectivity index (χ0) is 13.8. The fourth-order valence-corrected chi connectivity index (χ4v) is 2.95. The van der Waals surface area contributed by atoms with E-state index in [-0.39, 0.29) is 30.9 Å². The second-order valence-electron chi connectivity index (χ2n) is 4.41. The summed E-state index contributed by atoms with van der Waals surface area (Å²) in [5.74, 6) is -0.151. The molecule has 0 aliphatic carbocycles. The van der Waals surface area contributed by atoms with Crippen molar-refractivity contribution in [3.05, 3.63) is 21.3 Å². The maximum absolute atomic E-state index is 11.9. The Morgan fingerprint density at radius 3 is 3.05 bits per heavy atom. The average molecular weight is 302 g/mol. The first-order valence-electron chi connectivity index (χ1n) is 6.09. The Kier molecular flexibility index (Phi) is 4.79. The van der Waals surface area contributed by atoms with Crippen LogP contribution in [0.4, 0.5) is 0 Å². The van der Waals surface area contributed by atoms with Crippen molar-refractivity contribution in [1.29, 1.82) is 0 Å². The van der Waals surface area contributed by atoms with E-state index in [4.69, 9.17) is 11.6 Å². The van der Waals surface area contributed by atoms with Crippen LogP contribution in [-0.2, 0) is 9.59 Å². The normalized spacial score (nSPS) is 17.2. The highest BCUT2D eigenvalue weighted by molar-refractivity contribution is 7.16. The van der Waals surface area contributed by atoms with Crippen molar-refractivity contribution >= 4 is 34.8 Å². The fraction of sp³-hybridized carbons (Fsp3) is 0.500. The smallest absolute Gasteiger partial charge is 0.239 e. The molecule has 0 radical (unpaired) electrons. The lowest BCUT2D eigenvalue weighted by molar-refractivity contribution is -0.137. The molecule has 1 aromatic rings. The molecule has 2 N–H and O–H groups in total. The number of rotatable bonds is 4. The van der Waals surface area contributed by atoms with Crippen LogP contribution in [0.25, 0.3) is 0 Å². The molecule has 1 saturated heterocycles. The van der Waals surface area contributed by atoms with Gasteiger partial charge in [-0.3, -0.25) is 9.59 Å². The minimum absolute atomic E-state index is 0.0515. The van der Waals surface area contributed by atoms with Gasteiger partial charge in [-0.05, 0) is 19.1 Å². The third-order valence-electron chi connectivity index (χ3n) is 2.97. The van der Waals surface area contributed by atoms with Crippen LogP contribution in [0.2, 0.25) is 4.34 Å². The highest BCUT2D eigenvalue weighted by Crippen LogP contribution is 2.26. The Morgan fingerprint density at radius 2 is 2.42 bits per heavy atom. The summed E-state index contributed by atoms with van der Waals surface area (Å²) in [5, 5.41) is 5.85. The Bertz CT molecular complexity index is 477. The maximum atomic E-state index is 11.9. The molecule has 5 nitrogen and oxygen atoms in total. The monoisotopic (exact) mass is 301 g/mol. The Hall–Kier alpha value is -1.11. The molecule has 1 aromatic heterocycles. The molecule has 7 heteroatoms. The second-order valence-corrected chi connectivity index (χ2v) is 6.16. The summed E-state index contributed by atoms with van der Waals surface area (Å²) < 4.78 is 0.739. The van der Waals surface area contributed by atoms with Crippen molar-refractivity contribution in [2.24, 2.45) is 0 Å². The summed E-state index contributed by atoms with van der Waals surface area (Å²) in [6, 6.07) is 3.86. The van der Waals surface area contributed by atoms with Gasteiger partial charge in [0.1, 0.15) is 0 Å². The zero-order valence-electron chi connectivity index (χ0n) is 10.6. The van der Waals surface area contributed by atoms with E-state index < -0.39 is 0 Å². The van der Waals surface area contributed by atoms with Crippen molar-refractivity contribution in [2.45, 2.75) is 13.0 Å². The van der Waals surface area contributed by atoms with Crippen LogP contribution in [-0.4, -0.2) is 42.9 Å². The van der Waals surface area contributed by atoms with E-state index >= 15 is 0 Å². The van der Waals surface area contributed by atoms with Crippen LogP contribution in [0.3, 0.4) is 0 Å². The van der Waals surface area contributed by atoms with Crippen molar-refractivity contribution in [2.75, 3.05) is 26.2 Å². The molecule has 104 valence electrons. The fourth-order valence-electron chi connectivity index (χ4n) is 1.87. The van der Waals surface area contributed by atoms with Gasteiger partial charge >= 0.3 is 0 Å². The lowest BCUT2D eigenvalue weighted by atomic mass is 10.2. The molecule has 0 bridgehead atoms. The standard InChI is InChI=1S/C12H16ClN3O2S/c1-8(9-2-3-10(13)19-9)15-6-12(18)16-5-4-14-11(17)7-16/h2-3,8,15H,4-7H2,1H3,(H,14,17). The molecule has 0 aromatic carbocycles. The number of halogens is 1. The first kappa shape index (κ1) is 14.3. The SMILES string of the molecule is CC(NCC(=O)N1CCNC(=O)C1)c1ccc(Cl)s1. The van der Waals surface area contributed by atoms with Crippen LogP contribution in [0, 0.1) is 0 Å². The van der Waals surface area contributed by atoms with Gasteiger partial charge in [0.25, 0.3) is 0 Å². The number of hydrogen-bond acceptors (Lipinski definition) is 4. The van der Waals surface area contributed by atoms with Crippen molar-refractivity contribution in [3.63, 3.8) is 0 Å². The molecule has 1 atom stereocenters. The zero-order valence-corrected chi connectivity index (χ0v) is 12.2. The molecule has 1 unspecified atom stereocenters. The molecular weight excluding hydrogens is 286 g/mol. The minimum Gasteiger partial charge on any atom is -0.353 e. The molecule has 1 aliphatic heterocycles. The predicted molar refractivity (Wildman–Crippen MR) is 75.3 cm³/mol. The number of hydrogen-bond donors (Lipinski definition) is 2. The Balaban J connectivity index is 1.81. The van der Waals surface area contributed by atoms with Crippen LogP contribution in [0.15, 0.2) is 12.1 Å². The second kappa shape index (κ2) is 6.36. The van der Waals surface area contributed by atoms with Crippen LogP contribution in [0.1, 0.15) is 17.8 Å². The van der Waals surface area contributed by atoms with Gasteiger partial charge in [-0.25, -0.2) is 0 Å². The summed E-state index contributed by atoms with van der Waals surface area (Å²) in [6.45, 7) is 3.47. The first-order valence-corrected chi connectivity index (χ1v) is 7.29. The summed E-state index contributed by atoms with van der Waals surface area (Å²) in [5.41, 5.74) is 0.